The number of thioether (sulfide) groups is 1. The molecule has 0 aliphatic carbocycles. The molecule has 76 valence electrons. The Balaban J connectivity index is 2.95. The molecule has 0 saturated carbocycles. The minimum Gasteiger partial charge on any atom is -0.496 e. The van der Waals surface area contributed by atoms with Crippen LogP contribution in [0.4, 0.5) is 5.69 Å². The fourth-order valence-electron chi connectivity index (χ4n) is 1.12. The zero-order chi connectivity index (χ0) is 10.6. The van der Waals surface area contributed by atoms with Crippen molar-refractivity contribution in [3.8, 4) is 5.75 Å². The average Bonchev–Trinajstić information content (AvgIpc) is 2.16. The third kappa shape index (κ3) is 2.67. The molecule has 3 nitrogen and oxygen atoms in total. The van der Waals surface area contributed by atoms with E-state index >= 15 is 0 Å². The molecular weight excluding hydrogens is 198 g/mol. The lowest BCUT2D eigenvalue weighted by Gasteiger charge is -2.08. The van der Waals surface area contributed by atoms with Crippen molar-refractivity contribution >= 4 is 23.4 Å². The summed E-state index contributed by atoms with van der Waals surface area (Å²) in [5.41, 5.74) is 0.757. The molecule has 0 radical (unpaired) electrons. The second kappa shape index (κ2) is 4.91. The van der Waals surface area contributed by atoms with Crippen molar-refractivity contribution in [1.82, 2.24) is 0 Å². The molecule has 0 aromatic heterocycles. The fourth-order valence-corrected chi connectivity index (χ4v) is 1.66. The van der Waals surface area contributed by atoms with Gasteiger partial charge in [0.05, 0.1) is 7.11 Å². The van der Waals surface area contributed by atoms with Crippen molar-refractivity contribution in [2.75, 3.05) is 18.7 Å². The number of carbonyl (C=O) groups is 1. The third-order valence-corrected chi connectivity index (χ3v) is 2.48. The summed E-state index contributed by atoms with van der Waals surface area (Å²) in [5, 5.41) is 2.70. The van der Waals surface area contributed by atoms with E-state index in [2.05, 4.69) is 5.32 Å². The number of carbonyl (C=O) groups excluding carboxylic acids is 1. The summed E-state index contributed by atoms with van der Waals surface area (Å²) in [6.07, 6.45) is 1.98. The summed E-state index contributed by atoms with van der Waals surface area (Å²) >= 11 is 1.61. The zero-order valence-corrected chi connectivity index (χ0v) is 9.27. The molecule has 1 N–H and O–H groups in total. The molecular formula is C10H13NO2S. The molecule has 0 fully saturated rings. The minimum absolute atomic E-state index is 0.0797. The van der Waals surface area contributed by atoms with Gasteiger partial charge >= 0.3 is 0 Å². The van der Waals surface area contributed by atoms with Gasteiger partial charge in [-0.2, -0.15) is 0 Å². The zero-order valence-electron chi connectivity index (χ0n) is 8.46. The molecule has 0 aliphatic heterocycles. The molecule has 0 spiro atoms. The van der Waals surface area contributed by atoms with E-state index in [0.717, 1.165) is 16.3 Å². The Hall–Kier alpha value is -1.16. The van der Waals surface area contributed by atoms with Crippen molar-refractivity contribution in [3.05, 3.63) is 18.2 Å². The van der Waals surface area contributed by atoms with Gasteiger partial charge in [0.1, 0.15) is 5.75 Å². The van der Waals surface area contributed by atoms with Gasteiger partial charge < -0.3 is 10.1 Å². The molecule has 4 heteroatoms. The number of ether oxygens (including phenoxy) is 1. The number of hydrogen-bond acceptors (Lipinski definition) is 3. The van der Waals surface area contributed by atoms with Crippen LogP contribution in [-0.2, 0) is 4.79 Å². The van der Waals surface area contributed by atoms with Crippen molar-refractivity contribution < 1.29 is 9.53 Å². The van der Waals surface area contributed by atoms with Gasteiger partial charge in [-0.05, 0) is 18.4 Å². The van der Waals surface area contributed by atoms with Gasteiger partial charge in [0, 0.05) is 23.6 Å². The largest absolute Gasteiger partial charge is 0.496 e. The van der Waals surface area contributed by atoms with E-state index in [1.807, 2.05) is 24.5 Å². The number of benzene rings is 1. The third-order valence-electron chi connectivity index (χ3n) is 1.70. The van der Waals surface area contributed by atoms with Crippen molar-refractivity contribution in [2.45, 2.75) is 11.8 Å². The van der Waals surface area contributed by atoms with E-state index < -0.39 is 0 Å². The highest BCUT2D eigenvalue weighted by atomic mass is 32.2. The Morgan fingerprint density at radius 1 is 1.50 bits per heavy atom. The van der Waals surface area contributed by atoms with Crippen LogP contribution in [0.2, 0.25) is 0 Å². The monoisotopic (exact) mass is 211 g/mol. The van der Waals surface area contributed by atoms with Gasteiger partial charge in [-0.25, -0.2) is 0 Å². The van der Waals surface area contributed by atoms with Crippen LogP contribution in [0.3, 0.4) is 0 Å². The molecule has 0 heterocycles. The standard InChI is InChI=1S/C10H13NO2S/c1-7(12)11-8-4-5-10(14-3)9(6-8)13-2/h4-6H,1-3H3,(H,11,12). The summed E-state index contributed by atoms with van der Waals surface area (Å²) in [7, 11) is 1.62. The molecule has 0 unspecified atom stereocenters. The van der Waals surface area contributed by atoms with E-state index in [1.165, 1.54) is 6.92 Å². The highest BCUT2D eigenvalue weighted by Crippen LogP contribution is 2.30. The van der Waals surface area contributed by atoms with Crippen molar-refractivity contribution in [3.63, 3.8) is 0 Å². The minimum atomic E-state index is -0.0797. The van der Waals surface area contributed by atoms with Gasteiger partial charge in [-0.1, -0.05) is 0 Å². The van der Waals surface area contributed by atoms with Gasteiger partial charge in [0.15, 0.2) is 0 Å². The number of amides is 1. The molecule has 0 atom stereocenters. The lowest BCUT2D eigenvalue weighted by Crippen LogP contribution is -2.05. The number of methoxy groups -OCH3 is 1. The van der Waals surface area contributed by atoms with E-state index in [9.17, 15) is 4.79 Å². The smallest absolute Gasteiger partial charge is 0.221 e. The van der Waals surface area contributed by atoms with Crippen LogP contribution in [0.25, 0.3) is 0 Å². The van der Waals surface area contributed by atoms with Crippen LogP contribution in [0, 0.1) is 0 Å². The van der Waals surface area contributed by atoms with Crippen LogP contribution in [0.5, 0.6) is 5.75 Å². The maximum absolute atomic E-state index is 10.8. The molecule has 0 bridgehead atoms. The van der Waals surface area contributed by atoms with E-state index in [1.54, 1.807) is 18.9 Å². The Labute approximate surface area is 87.8 Å². The highest BCUT2D eigenvalue weighted by molar-refractivity contribution is 7.98. The van der Waals surface area contributed by atoms with Gasteiger partial charge in [0.2, 0.25) is 5.91 Å². The SMILES string of the molecule is COc1cc(NC(C)=O)ccc1SC. The summed E-state index contributed by atoms with van der Waals surface area (Å²) in [6, 6.07) is 5.60. The first-order chi connectivity index (χ1) is 6.67. The molecule has 14 heavy (non-hydrogen) atoms. The quantitative estimate of drug-likeness (QED) is 0.780. The number of rotatable bonds is 3. The molecule has 0 saturated heterocycles. The summed E-state index contributed by atoms with van der Waals surface area (Å²) < 4.78 is 5.19. The first kappa shape index (κ1) is 10.9. The molecule has 0 aliphatic rings. The predicted octanol–water partition coefficient (Wildman–Crippen LogP) is 2.38. The number of hydrogen-bond donors (Lipinski definition) is 1. The summed E-state index contributed by atoms with van der Waals surface area (Å²) in [5.74, 6) is 0.702. The van der Waals surface area contributed by atoms with E-state index in [-0.39, 0.29) is 5.91 Å². The van der Waals surface area contributed by atoms with Crippen LogP contribution in [0.1, 0.15) is 6.92 Å². The average molecular weight is 211 g/mol. The summed E-state index contributed by atoms with van der Waals surface area (Å²) in [6.45, 7) is 1.48. The second-order valence-electron chi connectivity index (χ2n) is 2.75. The van der Waals surface area contributed by atoms with Crippen molar-refractivity contribution in [2.24, 2.45) is 0 Å². The first-order valence-electron chi connectivity index (χ1n) is 4.17. The Morgan fingerprint density at radius 2 is 2.21 bits per heavy atom. The summed E-state index contributed by atoms with van der Waals surface area (Å²) in [4.78, 5) is 11.9. The van der Waals surface area contributed by atoms with E-state index in [4.69, 9.17) is 4.74 Å². The maximum atomic E-state index is 10.8. The van der Waals surface area contributed by atoms with Crippen LogP contribution in [0.15, 0.2) is 23.1 Å². The van der Waals surface area contributed by atoms with Crippen LogP contribution >= 0.6 is 11.8 Å². The van der Waals surface area contributed by atoms with Gasteiger partial charge in [-0.15, -0.1) is 11.8 Å². The highest BCUT2D eigenvalue weighted by Gasteiger charge is 2.03. The Bertz CT molecular complexity index is 339. The lowest BCUT2D eigenvalue weighted by molar-refractivity contribution is -0.114. The fraction of sp³-hybridized carbons (Fsp3) is 0.300. The maximum Gasteiger partial charge on any atom is 0.221 e. The number of nitrogens with one attached hydrogen (secondary N) is 1. The van der Waals surface area contributed by atoms with Gasteiger partial charge in [0.25, 0.3) is 0 Å². The second-order valence-corrected chi connectivity index (χ2v) is 3.60. The Morgan fingerprint density at radius 3 is 2.71 bits per heavy atom. The Kier molecular flexibility index (Phi) is 3.83. The normalized spacial score (nSPS) is 9.64. The lowest BCUT2D eigenvalue weighted by atomic mass is 10.3. The van der Waals surface area contributed by atoms with E-state index in [0.29, 0.717) is 0 Å². The van der Waals surface area contributed by atoms with Crippen LogP contribution in [-0.4, -0.2) is 19.3 Å². The van der Waals surface area contributed by atoms with Gasteiger partial charge in [-0.3, -0.25) is 4.79 Å². The van der Waals surface area contributed by atoms with Crippen LogP contribution < -0.4 is 10.1 Å². The predicted molar refractivity (Wildman–Crippen MR) is 59.1 cm³/mol. The molecule has 1 aromatic carbocycles. The number of anilines is 1. The first-order valence-corrected chi connectivity index (χ1v) is 5.39. The topological polar surface area (TPSA) is 38.3 Å². The van der Waals surface area contributed by atoms with Crippen molar-refractivity contribution in [1.29, 1.82) is 0 Å². The molecule has 1 aromatic rings. The molecule has 1 amide bonds. The molecule has 1 rings (SSSR count).